The minimum Gasteiger partial charge on any atom is -0.366 e. The highest BCUT2D eigenvalue weighted by Gasteiger charge is 2.17. The van der Waals surface area contributed by atoms with E-state index in [0.717, 1.165) is 17.9 Å². The number of aryl methyl sites for hydroxylation is 1. The molecule has 1 aliphatic heterocycles. The lowest BCUT2D eigenvalue weighted by Crippen LogP contribution is -2.40. The number of para-hydroxylation sites is 1. The van der Waals surface area contributed by atoms with E-state index >= 15 is 0 Å². The molecular formula is C16H21N3. The van der Waals surface area contributed by atoms with E-state index < -0.39 is 0 Å². The molecule has 0 amide bonds. The van der Waals surface area contributed by atoms with Gasteiger partial charge >= 0.3 is 0 Å². The second kappa shape index (κ2) is 5.17. The topological polar surface area (TPSA) is 28.2 Å². The van der Waals surface area contributed by atoms with Crippen molar-refractivity contribution in [1.29, 1.82) is 0 Å². The van der Waals surface area contributed by atoms with Crippen molar-refractivity contribution in [2.24, 2.45) is 0 Å². The summed E-state index contributed by atoms with van der Waals surface area (Å²) in [5, 5.41) is 4.83. The van der Waals surface area contributed by atoms with Gasteiger partial charge in [-0.25, -0.2) is 4.98 Å². The number of nitrogens with one attached hydrogen (secondary N) is 1. The Balaban J connectivity index is 1.85. The lowest BCUT2D eigenvalue weighted by atomic mass is 10.1. The molecule has 2 heterocycles. The van der Waals surface area contributed by atoms with Crippen LogP contribution < -0.4 is 5.32 Å². The summed E-state index contributed by atoms with van der Waals surface area (Å²) in [4.78, 5) is 7.15. The van der Waals surface area contributed by atoms with Crippen molar-refractivity contribution in [3.63, 3.8) is 0 Å². The van der Waals surface area contributed by atoms with E-state index in [1.54, 1.807) is 0 Å². The predicted molar refractivity (Wildman–Crippen MR) is 80.6 cm³/mol. The van der Waals surface area contributed by atoms with Crippen LogP contribution in [-0.2, 0) is 0 Å². The summed E-state index contributed by atoms with van der Waals surface area (Å²) < 4.78 is 0. The normalized spacial score (nSPS) is 20.6. The molecule has 1 fully saturated rings. The van der Waals surface area contributed by atoms with Crippen molar-refractivity contribution in [1.82, 2.24) is 9.88 Å². The van der Waals surface area contributed by atoms with Crippen molar-refractivity contribution >= 4 is 16.7 Å². The van der Waals surface area contributed by atoms with E-state index in [2.05, 4.69) is 48.5 Å². The summed E-state index contributed by atoms with van der Waals surface area (Å²) in [5.74, 6) is 1.04. The number of piperidine rings is 1. The van der Waals surface area contributed by atoms with Gasteiger partial charge in [0, 0.05) is 18.0 Å². The summed E-state index contributed by atoms with van der Waals surface area (Å²) >= 11 is 0. The SMILES string of the molecule is Cc1cc2ccccc2nc1NC1CCCN(C)C1. The lowest BCUT2D eigenvalue weighted by molar-refractivity contribution is 0.260. The average Bonchev–Trinajstić information content (AvgIpc) is 2.40. The van der Waals surface area contributed by atoms with Crippen molar-refractivity contribution in [3.8, 4) is 0 Å². The third-order valence-corrected chi connectivity index (χ3v) is 3.88. The number of likely N-dealkylation sites (tertiary alicyclic amines) is 1. The number of anilines is 1. The molecule has 1 aliphatic rings. The summed E-state index contributed by atoms with van der Waals surface area (Å²) in [6.07, 6.45) is 2.50. The molecule has 19 heavy (non-hydrogen) atoms. The van der Waals surface area contributed by atoms with Gasteiger partial charge in [0.15, 0.2) is 0 Å². The quantitative estimate of drug-likeness (QED) is 0.894. The smallest absolute Gasteiger partial charge is 0.129 e. The van der Waals surface area contributed by atoms with Gasteiger partial charge in [-0.3, -0.25) is 0 Å². The van der Waals surface area contributed by atoms with Crippen LogP contribution in [0.25, 0.3) is 10.9 Å². The van der Waals surface area contributed by atoms with Crippen LogP contribution in [-0.4, -0.2) is 36.1 Å². The summed E-state index contributed by atoms with van der Waals surface area (Å²) in [6.45, 7) is 4.45. The van der Waals surface area contributed by atoms with Crippen molar-refractivity contribution < 1.29 is 0 Å². The van der Waals surface area contributed by atoms with Gasteiger partial charge in [-0.05, 0) is 51.1 Å². The van der Waals surface area contributed by atoms with Gasteiger partial charge in [-0.15, -0.1) is 0 Å². The number of likely N-dealkylation sites (N-methyl/N-ethyl adjacent to an activating group) is 1. The Bertz CT molecular complexity index is 579. The highest BCUT2D eigenvalue weighted by Crippen LogP contribution is 2.21. The number of pyridine rings is 1. The highest BCUT2D eigenvalue weighted by molar-refractivity contribution is 5.81. The highest BCUT2D eigenvalue weighted by atomic mass is 15.1. The van der Waals surface area contributed by atoms with Crippen LogP contribution in [0.2, 0.25) is 0 Å². The first-order chi connectivity index (χ1) is 9.22. The third-order valence-electron chi connectivity index (χ3n) is 3.88. The molecule has 1 N–H and O–H groups in total. The van der Waals surface area contributed by atoms with Gasteiger partial charge in [0.25, 0.3) is 0 Å². The molecule has 0 saturated carbocycles. The number of aromatic nitrogens is 1. The first kappa shape index (κ1) is 12.4. The summed E-state index contributed by atoms with van der Waals surface area (Å²) in [5.41, 5.74) is 2.30. The van der Waals surface area contributed by atoms with E-state index in [4.69, 9.17) is 4.98 Å². The molecule has 0 radical (unpaired) electrons. The fourth-order valence-corrected chi connectivity index (χ4v) is 2.85. The van der Waals surface area contributed by atoms with E-state index in [9.17, 15) is 0 Å². The second-order valence-electron chi connectivity index (χ2n) is 5.59. The van der Waals surface area contributed by atoms with Gasteiger partial charge < -0.3 is 10.2 Å². The first-order valence-electron chi connectivity index (χ1n) is 7.04. The van der Waals surface area contributed by atoms with Crippen LogP contribution in [0.1, 0.15) is 18.4 Å². The van der Waals surface area contributed by atoms with E-state index in [-0.39, 0.29) is 0 Å². The molecule has 2 aromatic rings. The Hall–Kier alpha value is -1.61. The Morgan fingerprint density at radius 3 is 3.00 bits per heavy atom. The van der Waals surface area contributed by atoms with E-state index in [1.807, 2.05) is 6.07 Å². The van der Waals surface area contributed by atoms with E-state index in [0.29, 0.717) is 6.04 Å². The number of benzene rings is 1. The van der Waals surface area contributed by atoms with E-state index in [1.165, 1.54) is 30.3 Å². The van der Waals surface area contributed by atoms with Crippen LogP contribution in [0.15, 0.2) is 30.3 Å². The number of rotatable bonds is 2. The third kappa shape index (κ3) is 2.71. The van der Waals surface area contributed by atoms with Gasteiger partial charge in [-0.1, -0.05) is 18.2 Å². The minimum atomic E-state index is 0.520. The van der Waals surface area contributed by atoms with Crippen molar-refractivity contribution in [3.05, 3.63) is 35.9 Å². The Morgan fingerprint density at radius 2 is 2.16 bits per heavy atom. The standard InChI is InChI=1S/C16H21N3/c1-12-10-13-6-3-4-8-15(13)18-16(12)17-14-7-5-9-19(2)11-14/h3-4,6,8,10,14H,5,7,9,11H2,1-2H3,(H,17,18). The fraction of sp³-hybridized carbons (Fsp3) is 0.438. The maximum atomic E-state index is 4.76. The molecule has 1 aromatic heterocycles. The molecule has 3 nitrogen and oxygen atoms in total. The average molecular weight is 255 g/mol. The van der Waals surface area contributed by atoms with Crippen LogP contribution in [0, 0.1) is 6.92 Å². The molecule has 0 spiro atoms. The molecular weight excluding hydrogens is 234 g/mol. The predicted octanol–water partition coefficient (Wildman–Crippen LogP) is 3.05. The van der Waals surface area contributed by atoms with Crippen LogP contribution in [0.5, 0.6) is 0 Å². The largest absolute Gasteiger partial charge is 0.366 e. The minimum absolute atomic E-state index is 0.520. The molecule has 3 rings (SSSR count). The van der Waals surface area contributed by atoms with Crippen LogP contribution in [0.3, 0.4) is 0 Å². The van der Waals surface area contributed by atoms with Gasteiger partial charge in [0.1, 0.15) is 5.82 Å². The Kier molecular flexibility index (Phi) is 3.38. The monoisotopic (exact) mass is 255 g/mol. The molecule has 1 unspecified atom stereocenters. The second-order valence-corrected chi connectivity index (χ2v) is 5.59. The van der Waals surface area contributed by atoms with Crippen molar-refractivity contribution in [2.45, 2.75) is 25.8 Å². The number of nitrogens with zero attached hydrogens (tertiary/aromatic N) is 2. The van der Waals surface area contributed by atoms with Crippen molar-refractivity contribution in [2.75, 3.05) is 25.5 Å². The molecule has 100 valence electrons. The number of fused-ring (bicyclic) bond motifs is 1. The zero-order chi connectivity index (χ0) is 13.2. The van der Waals surface area contributed by atoms with Crippen LogP contribution in [0.4, 0.5) is 5.82 Å². The summed E-state index contributed by atoms with van der Waals surface area (Å²) in [7, 11) is 2.19. The maximum absolute atomic E-state index is 4.76. The van der Waals surface area contributed by atoms with Gasteiger partial charge in [0.05, 0.1) is 5.52 Å². The number of hydrogen-bond acceptors (Lipinski definition) is 3. The molecule has 3 heteroatoms. The molecule has 0 aliphatic carbocycles. The lowest BCUT2D eigenvalue weighted by Gasteiger charge is -2.31. The van der Waals surface area contributed by atoms with Gasteiger partial charge in [0.2, 0.25) is 0 Å². The first-order valence-corrected chi connectivity index (χ1v) is 7.04. The Morgan fingerprint density at radius 1 is 1.32 bits per heavy atom. The number of hydrogen-bond donors (Lipinski definition) is 1. The molecule has 1 aromatic carbocycles. The molecule has 0 bridgehead atoms. The zero-order valence-corrected chi connectivity index (χ0v) is 11.7. The summed E-state index contributed by atoms with van der Waals surface area (Å²) in [6, 6.07) is 11.0. The zero-order valence-electron chi connectivity index (χ0n) is 11.7. The van der Waals surface area contributed by atoms with Crippen LogP contribution >= 0.6 is 0 Å². The molecule has 1 saturated heterocycles. The molecule has 1 atom stereocenters. The van der Waals surface area contributed by atoms with Gasteiger partial charge in [-0.2, -0.15) is 0 Å². The fourth-order valence-electron chi connectivity index (χ4n) is 2.85. The maximum Gasteiger partial charge on any atom is 0.129 e. The Labute approximate surface area is 114 Å².